The normalized spacial score (nSPS) is 14.6. The molecule has 0 bridgehead atoms. The second-order valence-corrected chi connectivity index (χ2v) is 9.53. The molecule has 0 saturated carbocycles. The third-order valence-electron chi connectivity index (χ3n) is 5.86. The van der Waals surface area contributed by atoms with Crippen LogP contribution < -0.4 is 5.32 Å². The van der Waals surface area contributed by atoms with Crippen LogP contribution in [0.5, 0.6) is 0 Å². The van der Waals surface area contributed by atoms with Gasteiger partial charge in [0.05, 0.1) is 12.9 Å². The highest BCUT2D eigenvalue weighted by Gasteiger charge is 2.10. The van der Waals surface area contributed by atoms with Gasteiger partial charge in [0.1, 0.15) is 0 Å². The zero-order valence-corrected chi connectivity index (χ0v) is 19.5. The SMILES string of the molecule is CC(C)CCCC(C)CCCC(C)CCCC(C)CCOC(=O)Nc1ccco1. The number of carbonyl (C=O) groups is 1. The predicted molar refractivity (Wildman–Crippen MR) is 122 cm³/mol. The highest BCUT2D eigenvalue weighted by molar-refractivity contribution is 5.82. The number of hydrogen-bond acceptors (Lipinski definition) is 3. The van der Waals surface area contributed by atoms with Gasteiger partial charge in [-0.3, -0.25) is 5.32 Å². The lowest BCUT2D eigenvalue weighted by Crippen LogP contribution is -2.15. The van der Waals surface area contributed by atoms with Crippen molar-refractivity contribution in [3.8, 4) is 0 Å². The van der Waals surface area contributed by atoms with Crippen LogP contribution in [0.25, 0.3) is 0 Å². The fraction of sp³-hybridized carbons (Fsp3) is 0.800. The fourth-order valence-electron chi connectivity index (χ4n) is 3.78. The van der Waals surface area contributed by atoms with E-state index in [4.69, 9.17) is 9.15 Å². The molecule has 29 heavy (non-hydrogen) atoms. The molecule has 0 fully saturated rings. The summed E-state index contributed by atoms with van der Waals surface area (Å²) in [5.41, 5.74) is 0. The molecular weight excluding hydrogens is 362 g/mol. The lowest BCUT2D eigenvalue weighted by Gasteiger charge is -2.16. The average molecular weight is 408 g/mol. The minimum atomic E-state index is -0.445. The van der Waals surface area contributed by atoms with E-state index in [-0.39, 0.29) is 0 Å². The van der Waals surface area contributed by atoms with E-state index in [0.29, 0.717) is 18.4 Å². The van der Waals surface area contributed by atoms with E-state index in [1.54, 1.807) is 12.1 Å². The number of ether oxygens (including phenoxy) is 1. The number of anilines is 1. The van der Waals surface area contributed by atoms with Crippen molar-refractivity contribution in [1.82, 2.24) is 0 Å². The molecule has 4 nitrogen and oxygen atoms in total. The molecule has 0 aliphatic carbocycles. The molecule has 1 aromatic heterocycles. The Kier molecular flexibility index (Phi) is 13.6. The van der Waals surface area contributed by atoms with Crippen molar-refractivity contribution in [3.63, 3.8) is 0 Å². The summed E-state index contributed by atoms with van der Waals surface area (Å²) in [5.74, 6) is 3.54. The molecular formula is C25H45NO3. The number of nitrogens with one attached hydrogen (secondary N) is 1. The summed E-state index contributed by atoms with van der Waals surface area (Å²) in [4.78, 5) is 11.6. The van der Waals surface area contributed by atoms with Gasteiger partial charge in [0.2, 0.25) is 5.88 Å². The van der Waals surface area contributed by atoms with Crippen LogP contribution in [-0.2, 0) is 4.74 Å². The molecule has 0 aliphatic heterocycles. The Hall–Kier alpha value is -1.45. The van der Waals surface area contributed by atoms with E-state index in [2.05, 4.69) is 39.9 Å². The highest BCUT2D eigenvalue weighted by atomic mass is 16.5. The molecule has 0 radical (unpaired) electrons. The maximum Gasteiger partial charge on any atom is 0.413 e. The molecule has 1 heterocycles. The smallest absolute Gasteiger partial charge is 0.413 e. The Morgan fingerprint density at radius 2 is 1.38 bits per heavy atom. The van der Waals surface area contributed by atoms with Gasteiger partial charge >= 0.3 is 6.09 Å². The quantitative estimate of drug-likeness (QED) is 0.300. The topological polar surface area (TPSA) is 51.5 Å². The Morgan fingerprint density at radius 3 is 1.86 bits per heavy atom. The summed E-state index contributed by atoms with van der Waals surface area (Å²) in [5, 5.41) is 2.57. The standard InChI is InChI=1S/C25H45NO3/c1-20(2)10-6-11-21(3)12-7-13-22(4)14-8-15-23(5)17-19-29-25(27)26-24-16-9-18-28-24/h9,16,18,20-23H,6-8,10-15,17,19H2,1-5H3,(H,26,27). The lowest BCUT2D eigenvalue weighted by atomic mass is 9.91. The minimum absolute atomic E-state index is 0.419. The first-order valence-corrected chi connectivity index (χ1v) is 11.8. The Balaban J connectivity index is 1.97. The first kappa shape index (κ1) is 25.6. The largest absolute Gasteiger partial charge is 0.449 e. The van der Waals surface area contributed by atoms with Crippen LogP contribution in [-0.4, -0.2) is 12.7 Å². The zero-order valence-electron chi connectivity index (χ0n) is 19.5. The number of rotatable bonds is 16. The Morgan fingerprint density at radius 1 is 0.862 bits per heavy atom. The summed E-state index contributed by atoms with van der Waals surface area (Å²) in [6, 6.07) is 3.42. The van der Waals surface area contributed by atoms with Gasteiger partial charge in [-0.25, -0.2) is 4.79 Å². The van der Waals surface area contributed by atoms with E-state index in [1.165, 1.54) is 64.1 Å². The molecule has 3 atom stereocenters. The van der Waals surface area contributed by atoms with E-state index >= 15 is 0 Å². The number of hydrogen-bond donors (Lipinski definition) is 1. The van der Waals surface area contributed by atoms with Crippen LogP contribution in [0.1, 0.15) is 98.8 Å². The molecule has 0 aromatic carbocycles. The molecule has 1 aromatic rings. The van der Waals surface area contributed by atoms with Crippen LogP contribution >= 0.6 is 0 Å². The molecule has 1 N–H and O–H groups in total. The number of amides is 1. The maximum absolute atomic E-state index is 11.6. The van der Waals surface area contributed by atoms with Crippen LogP contribution in [0.15, 0.2) is 22.8 Å². The summed E-state index contributed by atoms with van der Waals surface area (Å²) >= 11 is 0. The van der Waals surface area contributed by atoms with Gasteiger partial charge in [-0.2, -0.15) is 0 Å². The lowest BCUT2D eigenvalue weighted by molar-refractivity contribution is 0.152. The van der Waals surface area contributed by atoms with E-state index in [9.17, 15) is 4.79 Å². The summed E-state index contributed by atoms with van der Waals surface area (Å²) in [7, 11) is 0. The second-order valence-electron chi connectivity index (χ2n) is 9.53. The van der Waals surface area contributed by atoms with Crippen molar-refractivity contribution >= 4 is 12.0 Å². The fourth-order valence-corrected chi connectivity index (χ4v) is 3.78. The third kappa shape index (κ3) is 14.2. The van der Waals surface area contributed by atoms with Gasteiger partial charge in [-0.15, -0.1) is 0 Å². The minimum Gasteiger partial charge on any atom is -0.449 e. The zero-order chi connectivity index (χ0) is 21.5. The van der Waals surface area contributed by atoms with Crippen molar-refractivity contribution in [3.05, 3.63) is 18.4 Å². The maximum atomic E-state index is 11.6. The second kappa shape index (κ2) is 15.4. The first-order chi connectivity index (χ1) is 13.9. The molecule has 168 valence electrons. The van der Waals surface area contributed by atoms with Crippen molar-refractivity contribution in [1.29, 1.82) is 0 Å². The van der Waals surface area contributed by atoms with Gasteiger partial charge < -0.3 is 9.15 Å². The van der Waals surface area contributed by atoms with Gasteiger partial charge in [-0.05, 0) is 36.2 Å². The van der Waals surface area contributed by atoms with Crippen LogP contribution in [0.2, 0.25) is 0 Å². The molecule has 0 aliphatic rings. The summed E-state index contributed by atoms with van der Waals surface area (Å²) < 4.78 is 10.3. The van der Waals surface area contributed by atoms with Gasteiger partial charge in [0, 0.05) is 6.07 Å². The van der Waals surface area contributed by atoms with E-state index in [1.807, 2.05) is 0 Å². The average Bonchev–Trinajstić information content (AvgIpc) is 3.14. The van der Waals surface area contributed by atoms with Crippen molar-refractivity contribution in [2.24, 2.45) is 23.7 Å². The third-order valence-corrected chi connectivity index (χ3v) is 5.86. The van der Waals surface area contributed by atoms with Crippen molar-refractivity contribution in [2.75, 3.05) is 11.9 Å². The molecule has 0 saturated heterocycles. The van der Waals surface area contributed by atoms with Crippen LogP contribution in [0, 0.1) is 23.7 Å². The molecule has 4 heteroatoms. The predicted octanol–water partition coefficient (Wildman–Crippen LogP) is 8.29. The molecule has 0 spiro atoms. The summed E-state index contributed by atoms with van der Waals surface area (Å²) in [6.45, 7) is 12.2. The first-order valence-electron chi connectivity index (χ1n) is 11.8. The summed E-state index contributed by atoms with van der Waals surface area (Å²) in [6.07, 6.45) is 14.1. The Labute approximate surface area is 179 Å². The van der Waals surface area contributed by atoms with Crippen LogP contribution in [0.3, 0.4) is 0 Å². The molecule has 1 amide bonds. The number of furan rings is 1. The number of carbonyl (C=O) groups excluding carboxylic acids is 1. The Bertz CT molecular complexity index is 512. The van der Waals surface area contributed by atoms with E-state index < -0.39 is 6.09 Å². The monoisotopic (exact) mass is 407 g/mol. The van der Waals surface area contributed by atoms with Crippen molar-refractivity contribution < 1.29 is 13.9 Å². The van der Waals surface area contributed by atoms with E-state index in [0.717, 1.165) is 24.2 Å². The molecule has 3 unspecified atom stereocenters. The highest BCUT2D eigenvalue weighted by Crippen LogP contribution is 2.22. The van der Waals surface area contributed by atoms with Crippen molar-refractivity contribution in [2.45, 2.75) is 98.8 Å². The van der Waals surface area contributed by atoms with Gasteiger partial charge in [-0.1, -0.05) is 92.4 Å². The van der Waals surface area contributed by atoms with Crippen LogP contribution in [0.4, 0.5) is 10.7 Å². The van der Waals surface area contributed by atoms with Gasteiger partial charge in [0.15, 0.2) is 0 Å². The molecule has 1 rings (SSSR count). The van der Waals surface area contributed by atoms with Gasteiger partial charge in [0.25, 0.3) is 0 Å².